The smallest absolute Gasteiger partial charge is 0.218 e. The van der Waals surface area contributed by atoms with Crippen LogP contribution in [0.15, 0.2) is 73.2 Å². The zero-order chi connectivity index (χ0) is 28.0. The number of benzene rings is 2. The molecule has 0 atom stereocenters. The molecule has 3 heterocycles. The molecule has 2 aromatic carbocycles. The van der Waals surface area contributed by atoms with Crippen molar-refractivity contribution in [2.45, 2.75) is 38.2 Å². The SMILES string of the molecule is CC(=O)NCCN(c1cccc(COC2CCN(S(=O)(=O)Cc3ccccc3)CC2)c1)c1ncnc2[nH]ccc12. The number of piperidine rings is 1. The number of sulfonamides is 1. The van der Waals surface area contributed by atoms with Crippen molar-refractivity contribution in [3.63, 3.8) is 0 Å². The van der Waals surface area contributed by atoms with Crippen molar-refractivity contribution in [2.75, 3.05) is 31.1 Å². The van der Waals surface area contributed by atoms with Crippen LogP contribution >= 0.6 is 0 Å². The summed E-state index contributed by atoms with van der Waals surface area (Å²) in [5.41, 5.74) is 3.47. The maximum Gasteiger partial charge on any atom is 0.218 e. The highest BCUT2D eigenvalue weighted by molar-refractivity contribution is 7.88. The highest BCUT2D eigenvalue weighted by Crippen LogP contribution is 2.30. The molecule has 1 fully saturated rings. The summed E-state index contributed by atoms with van der Waals surface area (Å²) in [5.74, 6) is 0.681. The molecule has 10 nitrogen and oxygen atoms in total. The van der Waals surface area contributed by atoms with Crippen LogP contribution in [0.25, 0.3) is 11.0 Å². The van der Waals surface area contributed by atoms with Crippen molar-refractivity contribution in [1.82, 2.24) is 24.6 Å². The van der Waals surface area contributed by atoms with Gasteiger partial charge < -0.3 is 19.9 Å². The highest BCUT2D eigenvalue weighted by Gasteiger charge is 2.28. The van der Waals surface area contributed by atoms with Gasteiger partial charge in [-0.2, -0.15) is 0 Å². The minimum Gasteiger partial charge on any atom is -0.373 e. The fourth-order valence-corrected chi connectivity index (χ4v) is 6.52. The number of rotatable bonds is 11. The molecule has 0 radical (unpaired) electrons. The Morgan fingerprint density at radius 1 is 1.07 bits per heavy atom. The summed E-state index contributed by atoms with van der Waals surface area (Å²) in [5, 5.41) is 3.75. The fraction of sp³-hybridized carbons (Fsp3) is 0.345. The second-order valence-corrected chi connectivity index (χ2v) is 11.9. The van der Waals surface area contributed by atoms with Crippen molar-refractivity contribution in [1.29, 1.82) is 0 Å². The van der Waals surface area contributed by atoms with Crippen LogP contribution < -0.4 is 10.2 Å². The zero-order valence-electron chi connectivity index (χ0n) is 22.5. The van der Waals surface area contributed by atoms with Crippen LogP contribution in [-0.4, -0.2) is 65.9 Å². The van der Waals surface area contributed by atoms with Crippen LogP contribution in [0.3, 0.4) is 0 Å². The molecule has 0 saturated carbocycles. The summed E-state index contributed by atoms with van der Waals surface area (Å²) < 4.78 is 33.6. The molecule has 4 aromatic rings. The lowest BCUT2D eigenvalue weighted by Crippen LogP contribution is -2.41. The van der Waals surface area contributed by atoms with Gasteiger partial charge in [0.15, 0.2) is 0 Å². The largest absolute Gasteiger partial charge is 0.373 e. The van der Waals surface area contributed by atoms with E-state index in [4.69, 9.17) is 4.74 Å². The maximum atomic E-state index is 12.9. The van der Waals surface area contributed by atoms with Crippen LogP contribution in [0, 0.1) is 0 Å². The number of carbonyl (C=O) groups is 1. The molecule has 11 heteroatoms. The lowest BCUT2D eigenvalue weighted by atomic mass is 10.1. The zero-order valence-corrected chi connectivity index (χ0v) is 23.3. The Labute approximate surface area is 234 Å². The number of ether oxygens (including phenoxy) is 1. The Bertz CT molecular complexity index is 1530. The number of fused-ring (bicyclic) bond motifs is 1. The molecular weight excluding hydrogens is 528 g/mol. The minimum atomic E-state index is -3.36. The molecule has 2 N–H and O–H groups in total. The molecule has 0 unspecified atom stereocenters. The number of nitrogens with zero attached hydrogens (tertiary/aromatic N) is 4. The van der Waals surface area contributed by atoms with Gasteiger partial charge in [-0.3, -0.25) is 4.79 Å². The lowest BCUT2D eigenvalue weighted by molar-refractivity contribution is -0.118. The lowest BCUT2D eigenvalue weighted by Gasteiger charge is -2.31. The number of nitrogens with one attached hydrogen (secondary N) is 2. The number of aromatic amines is 1. The van der Waals surface area contributed by atoms with E-state index in [0.29, 0.717) is 45.6 Å². The summed E-state index contributed by atoms with van der Waals surface area (Å²) >= 11 is 0. The summed E-state index contributed by atoms with van der Waals surface area (Å²) in [6.07, 6.45) is 4.66. The standard InChI is InChI=1S/C29H34N6O4S/c1-22(36)30-14-17-35(29-27-10-13-31-28(27)32-21-33-29)25-9-5-8-24(18-25)19-39-26-11-15-34(16-12-26)40(37,38)20-23-6-3-2-4-7-23/h2-10,13,18,21,26H,11-12,14-17,19-20H2,1H3,(H,30,36)(H,31,32,33). The molecule has 1 amide bonds. The van der Waals surface area contributed by atoms with Gasteiger partial charge in [0.05, 0.1) is 23.8 Å². The van der Waals surface area contributed by atoms with Crippen LogP contribution in [0.4, 0.5) is 11.5 Å². The quantitative estimate of drug-likeness (QED) is 0.286. The van der Waals surface area contributed by atoms with Crippen molar-refractivity contribution >= 4 is 38.5 Å². The first-order valence-electron chi connectivity index (χ1n) is 13.4. The van der Waals surface area contributed by atoms with E-state index >= 15 is 0 Å². The first-order valence-corrected chi connectivity index (χ1v) is 15.0. The second-order valence-electron chi connectivity index (χ2n) is 9.89. The second kappa shape index (κ2) is 12.6. The maximum absolute atomic E-state index is 12.9. The molecule has 40 heavy (non-hydrogen) atoms. The topological polar surface area (TPSA) is 121 Å². The molecule has 1 aliphatic rings. The van der Waals surface area contributed by atoms with Crippen molar-refractivity contribution in [2.24, 2.45) is 0 Å². The Morgan fingerprint density at radius 3 is 2.62 bits per heavy atom. The third-order valence-corrected chi connectivity index (χ3v) is 8.84. The van der Waals surface area contributed by atoms with Crippen LogP contribution in [0.5, 0.6) is 0 Å². The highest BCUT2D eigenvalue weighted by atomic mass is 32.2. The summed E-state index contributed by atoms with van der Waals surface area (Å²) in [6, 6.07) is 19.3. The van der Waals surface area contributed by atoms with Crippen LogP contribution in [0.1, 0.15) is 30.9 Å². The number of aromatic nitrogens is 3. The normalized spacial score (nSPS) is 14.8. The van der Waals surface area contributed by atoms with Gasteiger partial charge in [0, 0.05) is 45.0 Å². The predicted octanol–water partition coefficient (Wildman–Crippen LogP) is 3.74. The van der Waals surface area contributed by atoms with Crippen LogP contribution in [0.2, 0.25) is 0 Å². The number of H-pyrrole nitrogens is 1. The monoisotopic (exact) mass is 562 g/mol. The van der Waals surface area contributed by atoms with E-state index in [0.717, 1.165) is 33.7 Å². The first-order chi connectivity index (χ1) is 19.4. The third-order valence-electron chi connectivity index (χ3n) is 6.99. The molecule has 0 spiro atoms. The third kappa shape index (κ3) is 6.85. The van der Waals surface area contributed by atoms with E-state index in [9.17, 15) is 13.2 Å². The van der Waals surface area contributed by atoms with Gasteiger partial charge in [-0.15, -0.1) is 0 Å². The van der Waals surface area contributed by atoms with Crippen molar-refractivity contribution < 1.29 is 17.9 Å². The molecular formula is C29H34N6O4S. The molecule has 210 valence electrons. The van der Waals surface area contributed by atoms with Crippen molar-refractivity contribution in [3.8, 4) is 0 Å². The predicted molar refractivity (Wildman–Crippen MR) is 154 cm³/mol. The molecule has 1 saturated heterocycles. The van der Waals surface area contributed by atoms with E-state index in [1.54, 1.807) is 4.31 Å². The van der Waals surface area contributed by atoms with E-state index in [2.05, 4.69) is 31.2 Å². The average molecular weight is 563 g/mol. The minimum absolute atomic E-state index is 0.0101. The Kier molecular flexibility index (Phi) is 8.73. The first kappa shape index (κ1) is 27.8. The Balaban J connectivity index is 1.22. The van der Waals surface area contributed by atoms with Gasteiger partial charge >= 0.3 is 0 Å². The Morgan fingerprint density at radius 2 is 1.85 bits per heavy atom. The molecule has 1 aliphatic heterocycles. The number of hydrogen-bond acceptors (Lipinski definition) is 7. The summed E-state index contributed by atoms with van der Waals surface area (Å²) in [4.78, 5) is 25.5. The number of anilines is 2. The van der Waals surface area contributed by atoms with Gasteiger partial charge in [0.1, 0.15) is 17.8 Å². The number of amides is 1. The van der Waals surface area contributed by atoms with Gasteiger partial charge in [-0.1, -0.05) is 42.5 Å². The van der Waals surface area contributed by atoms with E-state index in [-0.39, 0.29) is 17.8 Å². The number of hydrogen-bond donors (Lipinski definition) is 2. The van der Waals surface area contributed by atoms with E-state index in [1.807, 2.05) is 60.8 Å². The number of carbonyl (C=O) groups excluding carboxylic acids is 1. The molecule has 0 aliphatic carbocycles. The fourth-order valence-electron chi connectivity index (χ4n) is 4.96. The van der Waals surface area contributed by atoms with Gasteiger partial charge in [0.25, 0.3) is 0 Å². The van der Waals surface area contributed by atoms with Crippen molar-refractivity contribution in [3.05, 3.63) is 84.3 Å². The van der Waals surface area contributed by atoms with Gasteiger partial charge in [0.2, 0.25) is 15.9 Å². The summed E-state index contributed by atoms with van der Waals surface area (Å²) in [7, 11) is -3.36. The van der Waals surface area contributed by atoms with E-state index < -0.39 is 10.0 Å². The molecule has 5 rings (SSSR count). The molecule has 2 aromatic heterocycles. The summed E-state index contributed by atoms with van der Waals surface area (Å²) in [6.45, 7) is 3.81. The van der Waals surface area contributed by atoms with Gasteiger partial charge in [-0.25, -0.2) is 22.7 Å². The molecule has 0 bridgehead atoms. The van der Waals surface area contributed by atoms with E-state index in [1.165, 1.54) is 13.3 Å². The van der Waals surface area contributed by atoms with Crippen LogP contribution in [-0.2, 0) is 31.9 Å². The average Bonchev–Trinajstić information content (AvgIpc) is 3.44. The van der Waals surface area contributed by atoms with Gasteiger partial charge in [-0.05, 0) is 42.2 Å². The Hall–Kier alpha value is -3.80.